The predicted octanol–water partition coefficient (Wildman–Crippen LogP) is 4.44. The predicted molar refractivity (Wildman–Crippen MR) is 109 cm³/mol. The Hall–Kier alpha value is -1.48. The Kier molecular flexibility index (Phi) is 3.92. The van der Waals surface area contributed by atoms with Crippen molar-refractivity contribution in [3.8, 4) is 0 Å². The molecule has 6 rings (SSSR count). The number of benzene rings is 1. The summed E-state index contributed by atoms with van der Waals surface area (Å²) in [7, 11) is 0. The molecule has 0 atom stereocenters. The summed E-state index contributed by atoms with van der Waals surface area (Å²) in [6.45, 7) is 4.90. The highest BCUT2D eigenvalue weighted by molar-refractivity contribution is 6.13. The maximum Gasteiger partial charge on any atom is 0.145 e. The van der Waals surface area contributed by atoms with Crippen LogP contribution in [-0.4, -0.2) is 17.0 Å². The zero-order valence-corrected chi connectivity index (χ0v) is 16.8. The topological polar surface area (TPSA) is 55.5 Å². The van der Waals surface area contributed by atoms with Crippen molar-refractivity contribution in [1.82, 2.24) is 0 Å². The highest BCUT2D eigenvalue weighted by Gasteiger charge is 2.54. The van der Waals surface area contributed by atoms with Gasteiger partial charge in [-0.1, -0.05) is 12.1 Å². The smallest absolute Gasteiger partial charge is 0.145 e. The number of hydrogen-bond acceptors (Lipinski definition) is 3. The standard InChI is InChI=1S/C24H32N2O/c1-23(2)13-19-4-3-15(14-25)8-20(19)21(26-23)9-22(27)24-10-16-5-17(11-24)7-18(6-16)12-24/h3-4,8,16-18H,5-7,9-14,25H2,1-2H3. The first-order chi connectivity index (χ1) is 12.9. The Morgan fingerprint density at radius 1 is 1.11 bits per heavy atom. The third kappa shape index (κ3) is 2.99. The zero-order valence-electron chi connectivity index (χ0n) is 16.8. The molecule has 0 spiro atoms. The molecular formula is C24H32N2O. The number of carbonyl (C=O) groups is 1. The minimum absolute atomic E-state index is 0.0372. The lowest BCUT2D eigenvalue weighted by molar-refractivity contribution is -0.142. The molecule has 1 aromatic carbocycles. The Morgan fingerprint density at radius 2 is 1.74 bits per heavy atom. The number of carbonyl (C=O) groups excluding carboxylic acids is 1. The summed E-state index contributed by atoms with van der Waals surface area (Å²) in [6, 6.07) is 6.50. The fourth-order valence-electron chi connectivity index (χ4n) is 7.03. The van der Waals surface area contributed by atoms with Crippen LogP contribution in [0.4, 0.5) is 0 Å². The van der Waals surface area contributed by atoms with Gasteiger partial charge in [0.15, 0.2) is 0 Å². The molecule has 27 heavy (non-hydrogen) atoms. The summed E-state index contributed by atoms with van der Waals surface area (Å²) in [4.78, 5) is 18.7. The van der Waals surface area contributed by atoms with E-state index in [1.807, 2.05) is 0 Å². The van der Waals surface area contributed by atoms with Crippen LogP contribution in [0, 0.1) is 23.2 Å². The van der Waals surface area contributed by atoms with Gasteiger partial charge < -0.3 is 5.73 Å². The molecule has 4 aliphatic carbocycles. The van der Waals surface area contributed by atoms with Crippen LogP contribution >= 0.6 is 0 Å². The van der Waals surface area contributed by atoms with Crippen molar-refractivity contribution in [2.45, 2.75) is 77.3 Å². The van der Waals surface area contributed by atoms with E-state index in [2.05, 4.69) is 32.0 Å². The Bertz CT molecular complexity index is 784. The monoisotopic (exact) mass is 364 g/mol. The van der Waals surface area contributed by atoms with Gasteiger partial charge in [0.25, 0.3) is 0 Å². The van der Waals surface area contributed by atoms with E-state index < -0.39 is 0 Å². The summed E-state index contributed by atoms with van der Waals surface area (Å²) >= 11 is 0. The lowest BCUT2D eigenvalue weighted by atomic mass is 9.48. The summed E-state index contributed by atoms with van der Waals surface area (Å²) < 4.78 is 0. The van der Waals surface area contributed by atoms with E-state index in [1.165, 1.54) is 30.4 Å². The molecule has 4 bridgehead atoms. The molecule has 4 fully saturated rings. The van der Waals surface area contributed by atoms with E-state index in [0.717, 1.165) is 54.7 Å². The third-order valence-electron chi connectivity index (χ3n) is 7.74. The van der Waals surface area contributed by atoms with Crippen molar-refractivity contribution in [2.24, 2.45) is 33.9 Å². The van der Waals surface area contributed by atoms with Crippen molar-refractivity contribution in [2.75, 3.05) is 0 Å². The fourth-order valence-corrected chi connectivity index (χ4v) is 7.03. The number of fused-ring (bicyclic) bond motifs is 1. The largest absolute Gasteiger partial charge is 0.326 e. The molecule has 3 heteroatoms. The van der Waals surface area contributed by atoms with Crippen LogP contribution in [-0.2, 0) is 17.8 Å². The number of nitrogens with zero attached hydrogens (tertiary/aromatic N) is 1. The minimum Gasteiger partial charge on any atom is -0.326 e. The van der Waals surface area contributed by atoms with Gasteiger partial charge in [-0.2, -0.15) is 0 Å². The van der Waals surface area contributed by atoms with Gasteiger partial charge in [0.1, 0.15) is 5.78 Å². The number of aliphatic imine (C=N–C) groups is 1. The van der Waals surface area contributed by atoms with Crippen LogP contribution in [0.5, 0.6) is 0 Å². The molecule has 0 aromatic heterocycles. The first kappa shape index (κ1) is 17.6. The van der Waals surface area contributed by atoms with E-state index in [9.17, 15) is 4.79 Å². The van der Waals surface area contributed by atoms with Crippen LogP contribution in [0.3, 0.4) is 0 Å². The Labute approximate surface area is 162 Å². The van der Waals surface area contributed by atoms with Crippen LogP contribution < -0.4 is 5.73 Å². The number of ketones is 1. The van der Waals surface area contributed by atoms with Crippen molar-refractivity contribution < 1.29 is 4.79 Å². The van der Waals surface area contributed by atoms with Gasteiger partial charge in [-0.05, 0) is 99.3 Å². The van der Waals surface area contributed by atoms with Crippen LogP contribution in [0.2, 0.25) is 0 Å². The molecule has 5 aliphatic rings. The average molecular weight is 365 g/mol. The van der Waals surface area contributed by atoms with Gasteiger partial charge in [-0.3, -0.25) is 9.79 Å². The van der Waals surface area contributed by atoms with Crippen molar-refractivity contribution in [3.05, 3.63) is 34.9 Å². The molecule has 144 valence electrons. The molecule has 0 amide bonds. The van der Waals surface area contributed by atoms with Crippen LogP contribution in [0.25, 0.3) is 0 Å². The number of hydrogen-bond donors (Lipinski definition) is 1. The van der Waals surface area contributed by atoms with Gasteiger partial charge in [0, 0.05) is 18.4 Å². The summed E-state index contributed by atoms with van der Waals surface area (Å²) in [5.74, 6) is 2.89. The lowest BCUT2D eigenvalue weighted by Crippen LogP contribution is -2.50. The highest BCUT2D eigenvalue weighted by atomic mass is 16.1. The summed E-state index contributed by atoms with van der Waals surface area (Å²) in [5, 5.41) is 0. The highest BCUT2D eigenvalue weighted by Crippen LogP contribution is 2.60. The lowest BCUT2D eigenvalue weighted by Gasteiger charge is -2.56. The maximum absolute atomic E-state index is 13.6. The molecule has 1 heterocycles. The van der Waals surface area contributed by atoms with E-state index in [4.69, 9.17) is 10.7 Å². The van der Waals surface area contributed by atoms with Gasteiger partial charge in [-0.15, -0.1) is 0 Å². The van der Waals surface area contributed by atoms with Gasteiger partial charge >= 0.3 is 0 Å². The molecule has 1 aliphatic heterocycles. The Balaban J connectivity index is 1.46. The van der Waals surface area contributed by atoms with Crippen molar-refractivity contribution in [1.29, 1.82) is 0 Å². The molecule has 0 unspecified atom stereocenters. The molecular weight excluding hydrogens is 332 g/mol. The second-order valence-corrected chi connectivity index (χ2v) is 10.5. The molecule has 2 N–H and O–H groups in total. The summed E-state index contributed by atoms with van der Waals surface area (Å²) in [6.07, 6.45) is 9.01. The van der Waals surface area contributed by atoms with Gasteiger partial charge in [0.2, 0.25) is 0 Å². The first-order valence-electron chi connectivity index (χ1n) is 10.8. The summed E-state index contributed by atoms with van der Waals surface area (Å²) in [5.41, 5.74) is 10.3. The maximum atomic E-state index is 13.6. The SMILES string of the molecule is CC1(C)Cc2ccc(CN)cc2C(CC(=O)C23CC4CC(CC(C4)C2)C3)=N1. The molecule has 4 saturated carbocycles. The van der Waals surface area contributed by atoms with E-state index in [-0.39, 0.29) is 11.0 Å². The number of rotatable bonds is 4. The number of nitrogens with two attached hydrogens (primary N) is 1. The van der Waals surface area contributed by atoms with Crippen LogP contribution in [0.1, 0.15) is 75.5 Å². The fraction of sp³-hybridized carbons (Fsp3) is 0.667. The van der Waals surface area contributed by atoms with Crippen molar-refractivity contribution >= 4 is 11.5 Å². The first-order valence-corrected chi connectivity index (χ1v) is 10.8. The van der Waals surface area contributed by atoms with E-state index >= 15 is 0 Å². The Morgan fingerprint density at radius 3 is 2.33 bits per heavy atom. The zero-order chi connectivity index (χ0) is 18.8. The second-order valence-electron chi connectivity index (χ2n) is 10.5. The molecule has 0 saturated heterocycles. The number of Topliss-reactive ketones (excluding diaryl/α,β-unsaturated/α-hetero) is 1. The molecule has 1 aromatic rings. The van der Waals surface area contributed by atoms with E-state index in [1.54, 1.807) is 0 Å². The average Bonchev–Trinajstić information content (AvgIpc) is 2.59. The van der Waals surface area contributed by atoms with Crippen LogP contribution in [0.15, 0.2) is 23.2 Å². The normalized spacial score (nSPS) is 35.7. The van der Waals surface area contributed by atoms with Crippen molar-refractivity contribution in [3.63, 3.8) is 0 Å². The molecule has 3 nitrogen and oxygen atoms in total. The van der Waals surface area contributed by atoms with Gasteiger partial charge in [0.05, 0.1) is 11.3 Å². The second kappa shape index (κ2) is 6.01. The van der Waals surface area contributed by atoms with E-state index in [0.29, 0.717) is 18.7 Å². The molecule has 0 radical (unpaired) electrons. The third-order valence-corrected chi connectivity index (χ3v) is 7.74. The minimum atomic E-state index is -0.131. The van der Waals surface area contributed by atoms with Gasteiger partial charge in [-0.25, -0.2) is 0 Å². The quantitative estimate of drug-likeness (QED) is 0.858.